The van der Waals surface area contributed by atoms with Crippen LogP contribution in [0.1, 0.15) is 17.0 Å². The van der Waals surface area contributed by atoms with Crippen molar-refractivity contribution < 1.29 is 9.90 Å². The van der Waals surface area contributed by atoms with Gasteiger partial charge in [-0.05, 0) is 31.5 Å². The summed E-state index contributed by atoms with van der Waals surface area (Å²) in [6.45, 7) is 1.86. The third-order valence-electron chi connectivity index (χ3n) is 2.63. The van der Waals surface area contributed by atoms with E-state index in [4.69, 9.17) is 28.3 Å². The molecule has 0 saturated heterocycles. The predicted molar refractivity (Wildman–Crippen MR) is 82.6 cm³/mol. The van der Waals surface area contributed by atoms with Crippen molar-refractivity contribution in [3.05, 3.63) is 38.8 Å². The Balaban J connectivity index is 2.13. The Morgan fingerprint density at radius 3 is 2.85 bits per heavy atom. The lowest BCUT2D eigenvalue weighted by molar-refractivity contribution is -0.136. The van der Waals surface area contributed by atoms with Crippen LogP contribution in [0, 0.1) is 6.92 Å². The quantitative estimate of drug-likeness (QED) is 0.846. The van der Waals surface area contributed by atoms with Crippen LogP contribution in [-0.2, 0) is 11.2 Å². The summed E-state index contributed by atoms with van der Waals surface area (Å²) in [6, 6.07) is 5.16. The first-order valence-electron chi connectivity index (χ1n) is 5.86. The number of benzene rings is 1. The Labute approximate surface area is 130 Å². The summed E-state index contributed by atoms with van der Waals surface area (Å²) >= 11 is 13.4. The minimum absolute atomic E-state index is 0.101. The molecule has 0 radical (unpaired) electrons. The Bertz CT molecular complexity index is 643. The summed E-state index contributed by atoms with van der Waals surface area (Å²) in [6.07, 6.45) is 0.582. The molecule has 2 rings (SSSR count). The summed E-state index contributed by atoms with van der Waals surface area (Å²) in [7, 11) is 0. The SMILES string of the molecule is Cc1nc(Nc2ccc(Cl)cc2Cl)sc1CCC(=O)O. The van der Waals surface area contributed by atoms with Crippen LogP contribution >= 0.6 is 34.5 Å². The van der Waals surface area contributed by atoms with Gasteiger partial charge in [-0.25, -0.2) is 4.98 Å². The van der Waals surface area contributed by atoms with E-state index in [2.05, 4.69) is 10.3 Å². The lowest BCUT2D eigenvalue weighted by Crippen LogP contribution is -1.96. The van der Waals surface area contributed by atoms with Crippen molar-refractivity contribution in [2.45, 2.75) is 19.8 Å². The van der Waals surface area contributed by atoms with Crippen molar-refractivity contribution in [2.75, 3.05) is 5.32 Å². The molecule has 0 aliphatic heterocycles. The average Bonchev–Trinajstić information content (AvgIpc) is 2.71. The predicted octanol–water partition coefficient (Wildman–Crippen LogP) is 4.52. The van der Waals surface area contributed by atoms with Crippen LogP contribution in [0.3, 0.4) is 0 Å². The van der Waals surface area contributed by atoms with Gasteiger partial charge in [-0.1, -0.05) is 23.2 Å². The van der Waals surface area contributed by atoms with E-state index in [9.17, 15) is 4.79 Å². The van der Waals surface area contributed by atoms with Gasteiger partial charge in [-0.15, -0.1) is 11.3 Å². The minimum Gasteiger partial charge on any atom is -0.481 e. The van der Waals surface area contributed by atoms with E-state index in [1.807, 2.05) is 6.92 Å². The second-order valence-electron chi connectivity index (χ2n) is 4.17. The normalized spacial score (nSPS) is 10.6. The fourth-order valence-corrected chi connectivity index (χ4v) is 3.07. The molecule has 0 bridgehead atoms. The number of carbonyl (C=O) groups is 1. The molecule has 0 spiro atoms. The van der Waals surface area contributed by atoms with Gasteiger partial charge in [0.05, 0.1) is 22.8 Å². The first kappa shape index (κ1) is 15.1. The second kappa shape index (κ2) is 6.43. The molecule has 1 aromatic heterocycles. The van der Waals surface area contributed by atoms with Crippen LogP contribution in [-0.4, -0.2) is 16.1 Å². The maximum Gasteiger partial charge on any atom is 0.303 e. The van der Waals surface area contributed by atoms with E-state index < -0.39 is 5.97 Å². The molecule has 0 unspecified atom stereocenters. The molecule has 0 atom stereocenters. The van der Waals surface area contributed by atoms with Crippen molar-refractivity contribution in [1.82, 2.24) is 4.98 Å². The standard InChI is InChI=1S/C13H12Cl2N2O2S/c1-7-11(4-5-12(18)19)20-13(16-7)17-10-3-2-8(14)6-9(10)15/h2-3,6H,4-5H2,1H3,(H,16,17)(H,18,19). The number of aryl methyl sites for hydroxylation is 2. The Hall–Kier alpha value is -1.30. The molecule has 0 fully saturated rings. The molecule has 7 heteroatoms. The van der Waals surface area contributed by atoms with Gasteiger partial charge in [-0.2, -0.15) is 0 Å². The zero-order valence-corrected chi connectivity index (χ0v) is 12.9. The van der Waals surface area contributed by atoms with E-state index in [1.54, 1.807) is 18.2 Å². The van der Waals surface area contributed by atoms with Crippen LogP contribution in [0.25, 0.3) is 0 Å². The van der Waals surface area contributed by atoms with Crippen LogP contribution in [0.2, 0.25) is 10.0 Å². The Morgan fingerprint density at radius 1 is 1.45 bits per heavy atom. The molecule has 4 nitrogen and oxygen atoms in total. The number of carboxylic acids is 1. The van der Waals surface area contributed by atoms with Gasteiger partial charge in [0.2, 0.25) is 0 Å². The minimum atomic E-state index is -0.812. The largest absolute Gasteiger partial charge is 0.481 e. The number of rotatable bonds is 5. The van der Waals surface area contributed by atoms with Crippen molar-refractivity contribution in [3.63, 3.8) is 0 Å². The lowest BCUT2D eigenvalue weighted by atomic mass is 10.2. The smallest absolute Gasteiger partial charge is 0.303 e. The maximum atomic E-state index is 10.6. The first-order chi connectivity index (χ1) is 9.45. The molecule has 1 heterocycles. The van der Waals surface area contributed by atoms with Crippen LogP contribution in [0.5, 0.6) is 0 Å². The van der Waals surface area contributed by atoms with Gasteiger partial charge in [0, 0.05) is 9.90 Å². The van der Waals surface area contributed by atoms with Crippen LogP contribution in [0.15, 0.2) is 18.2 Å². The summed E-state index contributed by atoms with van der Waals surface area (Å²) in [4.78, 5) is 15.9. The lowest BCUT2D eigenvalue weighted by Gasteiger charge is -2.04. The topological polar surface area (TPSA) is 62.2 Å². The van der Waals surface area contributed by atoms with Crippen molar-refractivity contribution in [3.8, 4) is 0 Å². The number of hydrogen-bond acceptors (Lipinski definition) is 4. The fourth-order valence-electron chi connectivity index (χ4n) is 1.64. The fraction of sp³-hybridized carbons (Fsp3) is 0.231. The van der Waals surface area contributed by atoms with Crippen molar-refractivity contribution >= 4 is 51.3 Å². The highest BCUT2D eigenvalue weighted by molar-refractivity contribution is 7.15. The van der Waals surface area contributed by atoms with Gasteiger partial charge in [0.25, 0.3) is 0 Å². The third-order valence-corrected chi connectivity index (χ3v) is 4.31. The Kier molecular flexibility index (Phi) is 4.86. The zero-order valence-electron chi connectivity index (χ0n) is 10.6. The molecule has 2 aromatic rings. The number of aromatic nitrogens is 1. The summed E-state index contributed by atoms with van der Waals surface area (Å²) in [5, 5.41) is 13.6. The number of aliphatic carboxylic acids is 1. The number of nitrogens with zero attached hydrogens (tertiary/aromatic N) is 1. The number of nitrogens with one attached hydrogen (secondary N) is 1. The van der Waals surface area contributed by atoms with Crippen molar-refractivity contribution in [1.29, 1.82) is 0 Å². The van der Waals surface area contributed by atoms with E-state index in [0.717, 1.165) is 16.3 Å². The molecular weight excluding hydrogens is 319 g/mol. The number of carboxylic acid groups (broad SMARTS) is 1. The van der Waals surface area contributed by atoms with E-state index >= 15 is 0 Å². The monoisotopic (exact) mass is 330 g/mol. The van der Waals surface area contributed by atoms with Crippen LogP contribution < -0.4 is 5.32 Å². The van der Waals surface area contributed by atoms with Gasteiger partial charge >= 0.3 is 5.97 Å². The molecule has 2 N–H and O–H groups in total. The van der Waals surface area contributed by atoms with Gasteiger partial charge in [0.15, 0.2) is 5.13 Å². The highest BCUT2D eigenvalue weighted by atomic mass is 35.5. The molecule has 0 saturated carbocycles. The molecule has 0 aliphatic rings. The number of anilines is 2. The highest BCUT2D eigenvalue weighted by Gasteiger charge is 2.10. The Morgan fingerprint density at radius 2 is 2.20 bits per heavy atom. The van der Waals surface area contributed by atoms with Gasteiger partial charge in [-0.3, -0.25) is 4.79 Å². The summed E-state index contributed by atoms with van der Waals surface area (Å²) in [5.41, 5.74) is 1.55. The molecule has 0 aliphatic carbocycles. The molecule has 1 aromatic carbocycles. The highest BCUT2D eigenvalue weighted by Crippen LogP contribution is 2.31. The molecule has 106 valence electrons. The summed E-state index contributed by atoms with van der Waals surface area (Å²) < 4.78 is 0. The average molecular weight is 331 g/mol. The first-order valence-corrected chi connectivity index (χ1v) is 7.43. The van der Waals surface area contributed by atoms with Gasteiger partial charge < -0.3 is 10.4 Å². The van der Waals surface area contributed by atoms with E-state index in [0.29, 0.717) is 21.6 Å². The number of halogens is 2. The number of thiazole rings is 1. The molecule has 0 amide bonds. The zero-order chi connectivity index (χ0) is 14.7. The van der Waals surface area contributed by atoms with E-state index in [-0.39, 0.29) is 6.42 Å². The van der Waals surface area contributed by atoms with Crippen LogP contribution in [0.4, 0.5) is 10.8 Å². The van der Waals surface area contributed by atoms with Crippen molar-refractivity contribution in [2.24, 2.45) is 0 Å². The third kappa shape index (κ3) is 3.85. The summed E-state index contributed by atoms with van der Waals surface area (Å²) in [5.74, 6) is -0.812. The van der Waals surface area contributed by atoms with Gasteiger partial charge in [0.1, 0.15) is 0 Å². The molecular formula is C13H12Cl2N2O2S. The molecule has 20 heavy (non-hydrogen) atoms. The maximum absolute atomic E-state index is 10.6. The second-order valence-corrected chi connectivity index (χ2v) is 6.10. The number of hydrogen-bond donors (Lipinski definition) is 2. The van der Waals surface area contributed by atoms with E-state index in [1.165, 1.54) is 11.3 Å².